The SMILES string of the molecule is CC(=O)Nc1nc(CO/N=C(\C)c2ccccc2)cs1. The molecule has 5 nitrogen and oxygen atoms in total. The molecule has 0 saturated carbocycles. The summed E-state index contributed by atoms with van der Waals surface area (Å²) in [4.78, 5) is 20.4. The number of amides is 1. The normalized spacial score (nSPS) is 11.2. The fourth-order valence-corrected chi connectivity index (χ4v) is 2.25. The van der Waals surface area contributed by atoms with Gasteiger partial charge >= 0.3 is 0 Å². The minimum absolute atomic E-state index is 0.134. The number of carbonyl (C=O) groups excluding carboxylic acids is 1. The number of carbonyl (C=O) groups is 1. The Labute approximate surface area is 121 Å². The number of benzene rings is 1. The third-order valence-electron chi connectivity index (χ3n) is 2.44. The van der Waals surface area contributed by atoms with Crippen molar-refractivity contribution in [1.82, 2.24) is 4.98 Å². The van der Waals surface area contributed by atoms with E-state index in [1.54, 1.807) is 0 Å². The van der Waals surface area contributed by atoms with Gasteiger partial charge in [0.05, 0.1) is 11.4 Å². The summed E-state index contributed by atoms with van der Waals surface area (Å²) < 4.78 is 0. The summed E-state index contributed by atoms with van der Waals surface area (Å²) in [6, 6.07) is 9.80. The topological polar surface area (TPSA) is 63.6 Å². The first-order valence-corrected chi connectivity index (χ1v) is 6.97. The van der Waals surface area contributed by atoms with Crippen LogP contribution < -0.4 is 5.32 Å². The highest BCUT2D eigenvalue weighted by atomic mass is 32.1. The van der Waals surface area contributed by atoms with Crippen molar-refractivity contribution >= 4 is 28.1 Å². The molecule has 0 radical (unpaired) electrons. The van der Waals surface area contributed by atoms with Gasteiger partial charge in [-0.3, -0.25) is 4.79 Å². The summed E-state index contributed by atoms with van der Waals surface area (Å²) in [7, 11) is 0. The van der Waals surface area contributed by atoms with Crippen LogP contribution in [0.4, 0.5) is 5.13 Å². The predicted octanol–water partition coefficient (Wildman–Crippen LogP) is 3.04. The zero-order valence-electron chi connectivity index (χ0n) is 11.3. The second kappa shape index (κ2) is 6.81. The molecule has 0 atom stereocenters. The quantitative estimate of drug-likeness (QED) is 0.679. The first kappa shape index (κ1) is 14.2. The van der Waals surface area contributed by atoms with Gasteiger partial charge < -0.3 is 10.2 Å². The van der Waals surface area contributed by atoms with Crippen molar-refractivity contribution in [2.45, 2.75) is 20.5 Å². The van der Waals surface area contributed by atoms with E-state index in [0.717, 1.165) is 17.0 Å². The van der Waals surface area contributed by atoms with Gasteiger partial charge in [0.1, 0.15) is 0 Å². The molecular formula is C14H15N3O2S. The van der Waals surface area contributed by atoms with Crippen molar-refractivity contribution in [3.05, 3.63) is 47.0 Å². The van der Waals surface area contributed by atoms with Crippen LogP contribution in [0.25, 0.3) is 0 Å². The van der Waals surface area contributed by atoms with Crippen LogP contribution in [-0.2, 0) is 16.2 Å². The standard InChI is InChI=1S/C14H15N3O2S/c1-10(12-6-4-3-5-7-12)17-19-8-13-9-20-14(16-13)15-11(2)18/h3-7,9H,8H2,1-2H3,(H,15,16,18)/b17-10+. The Morgan fingerprint density at radius 2 is 2.10 bits per heavy atom. The van der Waals surface area contributed by atoms with Crippen LogP contribution in [0.1, 0.15) is 25.1 Å². The van der Waals surface area contributed by atoms with Crippen LogP contribution in [0.3, 0.4) is 0 Å². The average Bonchev–Trinajstić information content (AvgIpc) is 2.86. The highest BCUT2D eigenvalue weighted by molar-refractivity contribution is 7.13. The molecule has 6 heteroatoms. The van der Waals surface area contributed by atoms with E-state index in [2.05, 4.69) is 15.5 Å². The largest absolute Gasteiger partial charge is 0.389 e. The third-order valence-corrected chi connectivity index (χ3v) is 3.25. The summed E-state index contributed by atoms with van der Waals surface area (Å²) in [5, 5.41) is 9.08. The summed E-state index contributed by atoms with van der Waals surface area (Å²) in [6.07, 6.45) is 0. The molecule has 0 unspecified atom stereocenters. The van der Waals surface area contributed by atoms with Gasteiger partial charge in [0.2, 0.25) is 5.91 Å². The monoisotopic (exact) mass is 289 g/mol. The van der Waals surface area contributed by atoms with Crippen LogP contribution >= 0.6 is 11.3 Å². The number of hydrogen-bond donors (Lipinski definition) is 1. The molecule has 1 aromatic heterocycles. The highest BCUT2D eigenvalue weighted by Crippen LogP contribution is 2.16. The minimum atomic E-state index is -0.134. The van der Waals surface area contributed by atoms with Gasteiger partial charge in [-0.05, 0) is 12.5 Å². The maximum Gasteiger partial charge on any atom is 0.223 e. The van der Waals surface area contributed by atoms with Gasteiger partial charge in [0, 0.05) is 12.3 Å². The Morgan fingerprint density at radius 3 is 2.80 bits per heavy atom. The Balaban J connectivity index is 1.89. The molecule has 2 rings (SSSR count). The fourth-order valence-electron chi connectivity index (χ4n) is 1.51. The molecule has 0 saturated heterocycles. The molecule has 1 amide bonds. The number of nitrogens with one attached hydrogen (secondary N) is 1. The highest BCUT2D eigenvalue weighted by Gasteiger charge is 2.04. The van der Waals surface area contributed by atoms with Crippen LogP contribution in [-0.4, -0.2) is 16.6 Å². The number of rotatable bonds is 5. The smallest absolute Gasteiger partial charge is 0.223 e. The summed E-state index contributed by atoms with van der Waals surface area (Å²) >= 11 is 1.36. The van der Waals surface area contributed by atoms with E-state index in [1.807, 2.05) is 42.6 Å². The number of nitrogens with zero attached hydrogens (tertiary/aromatic N) is 2. The molecule has 0 aliphatic rings. The number of thiazole rings is 1. The Bertz CT molecular complexity index is 608. The lowest BCUT2D eigenvalue weighted by atomic mass is 10.1. The van der Waals surface area contributed by atoms with E-state index in [1.165, 1.54) is 18.3 Å². The van der Waals surface area contributed by atoms with E-state index in [4.69, 9.17) is 4.84 Å². The third kappa shape index (κ3) is 4.17. The van der Waals surface area contributed by atoms with Gasteiger partial charge in [-0.2, -0.15) is 0 Å². The van der Waals surface area contributed by atoms with Crippen molar-refractivity contribution in [3.63, 3.8) is 0 Å². The molecule has 0 aliphatic heterocycles. The summed E-state index contributed by atoms with van der Waals surface area (Å²) in [5.41, 5.74) is 2.57. The van der Waals surface area contributed by atoms with E-state index in [-0.39, 0.29) is 12.5 Å². The van der Waals surface area contributed by atoms with Crippen LogP contribution in [0.2, 0.25) is 0 Å². The maximum absolute atomic E-state index is 10.9. The van der Waals surface area contributed by atoms with Gasteiger partial charge in [-0.1, -0.05) is 35.5 Å². The summed E-state index contributed by atoms with van der Waals surface area (Å²) in [6.45, 7) is 3.62. The first-order valence-electron chi connectivity index (χ1n) is 6.09. The molecule has 0 spiro atoms. The van der Waals surface area contributed by atoms with Crippen LogP contribution in [0, 0.1) is 0 Å². The van der Waals surface area contributed by atoms with Gasteiger partial charge in [0.25, 0.3) is 0 Å². The number of hydrogen-bond acceptors (Lipinski definition) is 5. The minimum Gasteiger partial charge on any atom is -0.389 e. The van der Waals surface area contributed by atoms with Crippen molar-refractivity contribution in [2.75, 3.05) is 5.32 Å². The van der Waals surface area contributed by atoms with Crippen molar-refractivity contribution in [1.29, 1.82) is 0 Å². The maximum atomic E-state index is 10.9. The lowest BCUT2D eigenvalue weighted by Gasteiger charge is -2.00. The number of aromatic nitrogens is 1. The van der Waals surface area contributed by atoms with E-state index < -0.39 is 0 Å². The zero-order valence-corrected chi connectivity index (χ0v) is 12.1. The molecule has 2 aromatic rings. The van der Waals surface area contributed by atoms with Gasteiger partial charge in [-0.15, -0.1) is 11.3 Å². The lowest BCUT2D eigenvalue weighted by molar-refractivity contribution is -0.114. The van der Waals surface area contributed by atoms with Crippen molar-refractivity contribution < 1.29 is 9.63 Å². The van der Waals surface area contributed by atoms with Gasteiger partial charge in [-0.25, -0.2) is 4.98 Å². The van der Waals surface area contributed by atoms with Crippen molar-refractivity contribution in [3.8, 4) is 0 Å². The number of oxime groups is 1. The Hall–Kier alpha value is -2.21. The lowest BCUT2D eigenvalue weighted by Crippen LogP contribution is -2.05. The average molecular weight is 289 g/mol. The van der Waals surface area contributed by atoms with E-state index in [0.29, 0.717) is 5.13 Å². The second-order valence-electron chi connectivity index (χ2n) is 4.14. The Kier molecular flexibility index (Phi) is 4.84. The van der Waals surface area contributed by atoms with E-state index in [9.17, 15) is 4.79 Å². The molecule has 20 heavy (non-hydrogen) atoms. The molecular weight excluding hydrogens is 274 g/mol. The molecule has 0 bridgehead atoms. The molecule has 0 aliphatic carbocycles. The van der Waals surface area contributed by atoms with E-state index >= 15 is 0 Å². The molecule has 1 heterocycles. The molecule has 1 aromatic carbocycles. The van der Waals surface area contributed by atoms with Gasteiger partial charge in [0.15, 0.2) is 11.7 Å². The zero-order chi connectivity index (χ0) is 14.4. The first-order chi connectivity index (χ1) is 9.65. The molecule has 0 fully saturated rings. The fraction of sp³-hybridized carbons (Fsp3) is 0.214. The predicted molar refractivity (Wildman–Crippen MR) is 79.9 cm³/mol. The van der Waals surface area contributed by atoms with Crippen LogP contribution in [0.15, 0.2) is 40.9 Å². The number of anilines is 1. The molecule has 104 valence electrons. The van der Waals surface area contributed by atoms with Crippen molar-refractivity contribution in [2.24, 2.45) is 5.16 Å². The van der Waals surface area contributed by atoms with Crippen LogP contribution in [0.5, 0.6) is 0 Å². The Morgan fingerprint density at radius 1 is 1.35 bits per heavy atom. The second-order valence-corrected chi connectivity index (χ2v) is 5.00. The molecule has 1 N–H and O–H groups in total. The summed E-state index contributed by atoms with van der Waals surface area (Å²) in [5.74, 6) is -0.134.